The van der Waals surface area contributed by atoms with Gasteiger partial charge in [0.25, 0.3) is 0 Å². The number of anilines is 1. The Morgan fingerprint density at radius 2 is 2.38 bits per heavy atom. The summed E-state index contributed by atoms with van der Waals surface area (Å²) in [5.74, 6) is 0.589. The Morgan fingerprint density at radius 3 is 3.06 bits per heavy atom. The molecule has 5 nitrogen and oxygen atoms in total. The molecular formula is C11H16N4O. The summed E-state index contributed by atoms with van der Waals surface area (Å²) in [6.45, 7) is 0.765. The van der Waals surface area contributed by atoms with Crippen LogP contribution in [-0.4, -0.2) is 24.1 Å². The van der Waals surface area contributed by atoms with Crippen molar-refractivity contribution in [2.45, 2.75) is 25.4 Å². The summed E-state index contributed by atoms with van der Waals surface area (Å²) in [7, 11) is 1.88. The maximum atomic E-state index is 11.5. The second kappa shape index (κ2) is 4.94. The topological polar surface area (TPSA) is 66.0 Å². The van der Waals surface area contributed by atoms with E-state index in [9.17, 15) is 4.79 Å². The molecule has 0 bridgehead atoms. The minimum Gasteiger partial charge on any atom is -0.335 e. The van der Waals surface area contributed by atoms with Gasteiger partial charge in [0, 0.05) is 18.8 Å². The third-order valence-electron chi connectivity index (χ3n) is 2.36. The standard InChI is InChI=1S/C11H16N4O/c1-12-7-8-4-5-13-10(6-8)15-11(16)14-9-2-3-9/h4-6,9,12H,2-3,7H2,1H3,(H2,13,14,15,16). The molecule has 2 rings (SSSR count). The SMILES string of the molecule is CNCc1ccnc(NC(=O)NC2CC2)c1. The molecule has 3 N–H and O–H groups in total. The quantitative estimate of drug-likeness (QED) is 0.711. The molecular weight excluding hydrogens is 204 g/mol. The highest BCUT2D eigenvalue weighted by Gasteiger charge is 2.23. The van der Waals surface area contributed by atoms with E-state index in [1.54, 1.807) is 6.20 Å². The summed E-state index contributed by atoms with van der Waals surface area (Å²) in [5, 5.41) is 8.62. The first-order valence-corrected chi connectivity index (χ1v) is 5.45. The Balaban J connectivity index is 1.91. The third kappa shape index (κ3) is 3.20. The molecule has 1 fully saturated rings. The van der Waals surface area contributed by atoms with E-state index in [2.05, 4.69) is 20.9 Å². The van der Waals surface area contributed by atoms with Gasteiger partial charge in [-0.1, -0.05) is 0 Å². The molecule has 1 aliphatic carbocycles. The number of urea groups is 1. The molecule has 0 aliphatic heterocycles. The highest BCUT2D eigenvalue weighted by molar-refractivity contribution is 5.88. The van der Waals surface area contributed by atoms with Gasteiger partial charge in [0.15, 0.2) is 0 Å². The van der Waals surface area contributed by atoms with Crippen LogP contribution in [0.3, 0.4) is 0 Å². The first kappa shape index (κ1) is 10.9. The molecule has 1 aromatic rings. The molecule has 1 heterocycles. The maximum absolute atomic E-state index is 11.5. The van der Waals surface area contributed by atoms with Crippen LogP contribution in [0.15, 0.2) is 18.3 Å². The molecule has 2 amide bonds. The number of nitrogens with zero attached hydrogens (tertiary/aromatic N) is 1. The van der Waals surface area contributed by atoms with Crippen LogP contribution in [0, 0.1) is 0 Å². The number of amides is 2. The number of carbonyl (C=O) groups is 1. The average Bonchev–Trinajstić information content (AvgIpc) is 3.02. The molecule has 1 aromatic heterocycles. The molecule has 86 valence electrons. The smallest absolute Gasteiger partial charge is 0.320 e. The zero-order valence-electron chi connectivity index (χ0n) is 9.29. The highest BCUT2D eigenvalue weighted by atomic mass is 16.2. The lowest BCUT2D eigenvalue weighted by Crippen LogP contribution is -2.30. The molecule has 0 atom stereocenters. The number of hydrogen-bond acceptors (Lipinski definition) is 3. The summed E-state index contributed by atoms with van der Waals surface area (Å²) < 4.78 is 0. The fourth-order valence-electron chi connectivity index (χ4n) is 1.42. The third-order valence-corrected chi connectivity index (χ3v) is 2.36. The van der Waals surface area contributed by atoms with E-state index in [0.29, 0.717) is 11.9 Å². The zero-order valence-corrected chi connectivity index (χ0v) is 9.29. The summed E-state index contributed by atoms with van der Waals surface area (Å²) in [5.41, 5.74) is 1.10. The summed E-state index contributed by atoms with van der Waals surface area (Å²) in [6, 6.07) is 3.97. The van der Waals surface area contributed by atoms with Crippen LogP contribution in [0.4, 0.5) is 10.6 Å². The van der Waals surface area contributed by atoms with Crippen LogP contribution < -0.4 is 16.0 Å². The summed E-state index contributed by atoms with van der Waals surface area (Å²) in [4.78, 5) is 15.5. The minimum atomic E-state index is -0.170. The first-order valence-electron chi connectivity index (χ1n) is 5.45. The van der Waals surface area contributed by atoms with Crippen LogP contribution in [0.2, 0.25) is 0 Å². The van der Waals surface area contributed by atoms with Crippen LogP contribution in [-0.2, 0) is 6.54 Å². The average molecular weight is 220 g/mol. The van der Waals surface area contributed by atoms with Gasteiger partial charge in [0.2, 0.25) is 0 Å². The second-order valence-corrected chi connectivity index (χ2v) is 3.95. The van der Waals surface area contributed by atoms with Gasteiger partial charge in [-0.3, -0.25) is 5.32 Å². The van der Waals surface area contributed by atoms with Crippen molar-refractivity contribution in [2.24, 2.45) is 0 Å². The van der Waals surface area contributed by atoms with E-state index < -0.39 is 0 Å². The number of rotatable bonds is 4. The van der Waals surface area contributed by atoms with Gasteiger partial charge < -0.3 is 10.6 Å². The molecule has 0 unspecified atom stereocenters. The molecule has 0 spiro atoms. The predicted molar refractivity (Wildman–Crippen MR) is 62.2 cm³/mol. The zero-order chi connectivity index (χ0) is 11.4. The van der Waals surface area contributed by atoms with Gasteiger partial charge >= 0.3 is 6.03 Å². The predicted octanol–water partition coefficient (Wildman–Crippen LogP) is 1.08. The lowest BCUT2D eigenvalue weighted by atomic mass is 10.2. The fraction of sp³-hybridized carbons (Fsp3) is 0.455. The Kier molecular flexibility index (Phi) is 3.36. The van der Waals surface area contributed by atoms with E-state index >= 15 is 0 Å². The molecule has 1 saturated carbocycles. The van der Waals surface area contributed by atoms with Gasteiger partial charge in [0.05, 0.1) is 0 Å². The lowest BCUT2D eigenvalue weighted by Gasteiger charge is -2.07. The highest BCUT2D eigenvalue weighted by Crippen LogP contribution is 2.18. The van der Waals surface area contributed by atoms with Gasteiger partial charge in [0.1, 0.15) is 5.82 Å². The van der Waals surface area contributed by atoms with Gasteiger partial charge in [-0.15, -0.1) is 0 Å². The normalized spacial score (nSPS) is 14.6. The van der Waals surface area contributed by atoms with E-state index in [0.717, 1.165) is 24.9 Å². The van der Waals surface area contributed by atoms with Crippen molar-refractivity contribution in [3.05, 3.63) is 23.9 Å². The van der Waals surface area contributed by atoms with E-state index in [-0.39, 0.29) is 6.03 Å². The number of nitrogens with one attached hydrogen (secondary N) is 3. The van der Waals surface area contributed by atoms with Crippen molar-refractivity contribution in [1.82, 2.24) is 15.6 Å². The number of aromatic nitrogens is 1. The van der Waals surface area contributed by atoms with E-state index in [1.165, 1.54) is 0 Å². The van der Waals surface area contributed by atoms with Gasteiger partial charge in [-0.25, -0.2) is 9.78 Å². The molecule has 0 saturated heterocycles. The van der Waals surface area contributed by atoms with Gasteiger partial charge in [-0.05, 0) is 37.6 Å². The lowest BCUT2D eigenvalue weighted by molar-refractivity contribution is 0.251. The number of carbonyl (C=O) groups excluding carboxylic acids is 1. The molecule has 1 aliphatic rings. The Hall–Kier alpha value is -1.62. The van der Waals surface area contributed by atoms with Crippen LogP contribution in [0.25, 0.3) is 0 Å². The van der Waals surface area contributed by atoms with Crippen molar-refractivity contribution >= 4 is 11.8 Å². The Morgan fingerprint density at radius 1 is 1.56 bits per heavy atom. The Bertz CT molecular complexity index is 376. The molecule has 5 heteroatoms. The first-order chi connectivity index (χ1) is 7.78. The number of hydrogen-bond donors (Lipinski definition) is 3. The molecule has 0 aromatic carbocycles. The second-order valence-electron chi connectivity index (χ2n) is 3.95. The molecule has 0 radical (unpaired) electrons. The van der Waals surface area contributed by atoms with Crippen LogP contribution >= 0.6 is 0 Å². The van der Waals surface area contributed by atoms with Crippen molar-refractivity contribution in [3.8, 4) is 0 Å². The van der Waals surface area contributed by atoms with Crippen molar-refractivity contribution < 1.29 is 4.79 Å². The summed E-state index contributed by atoms with van der Waals surface area (Å²) >= 11 is 0. The molecule has 16 heavy (non-hydrogen) atoms. The van der Waals surface area contributed by atoms with Gasteiger partial charge in [-0.2, -0.15) is 0 Å². The van der Waals surface area contributed by atoms with E-state index in [4.69, 9.17) is 0 Å². The van der Waals surface area contributed by atoms with E-state index in [1.807, 2.05) is 19.2 Å². The minimum absolute atomic E-state index is 0.170. The fourth-order valence-corrected chi connectivity index (χ4v) is 1.42. The van der Waals surface area contributed by atoms with Crippen LogP contribution in [0.1, 0.15) is 18.4 Å². The maximum Gasteiger partial charge on any atom is 0.320 e. The van der Waals surface area contributed by atoms with Crippen molar-refractivity contribution in [2.75, 3.05) is 12.4 Å². The summed E-state index contributed by atoms with van der Waals surface area (Å²) in [6.07, 6.45) is 3.86. The Labute approximate surface area is 94.6 Å². The number of pyridine rings is 1. The largest absolute Gasteiger partial charge is 0.335 e. The van der Waals surface area contributed by atoms with Crippen LogP contribution in [0.5, 0.6) is 0 Å². The monoisotopic (exact) mass is 220 g/mol. The van der Waals surface area contributed by atoms with Crippen molar-refractivity contribution in [1.29, 1.82) is 0 Å². The van der Waals surface area contributed by atoms with Crippen molar-refractivity contribution in [3.63, 3.8) is 0 Å².